The Morgan fingerprint density at radius 1 is 1.20 bits per heavy atom. The lowest BCUT2D eigenvalue weighted by molar-refractivity contribution is 0.140. The number of hydrogen-bond donors (Lipinski definition) is 1. The number of benzene rings is 1. The highest BCUT2D eigenvalue weighted by Crippen LogP contribution is 2.41. The summed E-state index contributed by atoms with van der Waals surface area (Å²) in [6.45, 7) is 7.28. The number of rotatable bonds is 2. The summed E-state index contributed by atoms with van der Waals surface area (Å²) < 4.78 is 0. The van der Waals surface area contributed by atoms with E-state index in [1.165, 1.54) is 41.9 Å². The average molecular weight is 289 g/mol. The minimum Gasteiger partial charge on any atom is -0.307 e. The Morgan fingerprint density at radius 2 is 2.00 bits per heavy atom. The molecule has 20 heavy (non-hydrogen) atoms. The van der Waals surface area contributed by atoms with Crippen LogP contribution in [-0.4, -0.2) is 11.8 Å². The topological polar surface area (TPSA) is 12.0 Å². The summed E-state index contributed by atoms with van der Waals surface area (Å²) in [4.78, 5) is 1.49. The van der Waals surface area contributed by atoms with Crippen LogP contribution < -0.4 is 5.32 Å². The minimum atomic E-state index is 0.540. The predicted octanol–water partition coefficient (Wildman–Crippen LogP) is 5.03. The molecule has 0 radical (unpaired) electrons. The van der Waals surface area contributed by atoms with Gasteiger partial charge in [-0.3, -0.25) is 0 Å². The third-order valence-corrected chi connectivity index (χ3v) is 6.19. The molecule has 110 valence electrons. The van der Waals surface area contributed by atoms with Gasteiger partial charge < -0.3 is 5.32 Å². The fourth-order valence-electron chi connectivity index (χ4n) is 3.97. The molecule has 1 N–H and O–H groups in total. The van der Waals surface area contributed by atoms with Crippen LogP contribution in [0.1, 0.15) is 58.1 Å². The summed E-state index contributed by atoms with van der Waals surface area (Å²) >= 11 is 2.02. The molecule has 1 fully saturated rings. The second-order valence-electron chi connectivity index (χ2n) is 7.39. The Bertz CT molecular complexity index is 468. The molecular weight excluding hydrogens is 262 g/mol. The second kappa shape index (κ2) is 5.73. The van der Waals surface area contributed by atoms with Crippen molar-refractivity contribution in [3.05, 3.63) is 29.8 Å². The molecule has 1 aliphatic heterocycles. The molecule has 2 aliphatic rings. The van der Waals surface area contributed by atoms with Gasteiger partial charge in [0.25, 0.3) is 0 Å². The summed E-state index contributed by atoms with van der Waals surface area (Å²) in [6.07, 6.45) is 5.32. The van der Waals surface area contributed by atoms with Gasteiger partial charge in [-0.2, -0.15) is 0 Å². The van der Waals surface area contributed by atoms with Crippen molar-refractivity contribution in [1.29, 1.82) is 0 Å². The van der Waals surface area contributed by atoms with Crippen LogP contribution in [0.4, 0.5) is 0 Å². The van der Waals surface area contributed by atoms with Crippen molar-refractivity contribution < 1.29 is 0 Å². The molecule has 1 nitrogen and oxygen atoms in total. The molecule has 1 aliphatic carbocycles. The standard InChI is InChI=1S/C18H27NS/c1-13-12-18(2,3)10-8-15(13)19-16-9-11-20-17-7-5-4-6-14(16)17/h4-7,13,15-16,19H,8-12H2,1-3H3. The first-order chi connectivity index (χ1) is 9.55. The molecule has 1 aromatic rings. The van der Waals surface area contributed by atoms with Crippen LogP contribution in [0.2, 0.25) is 0 Å². The first-order valence-electron chi connectivity index (χ1n) is 8.03. The third kappa shape index (κ3) is 3.07. The second-order valence-corrected chi connectivity index (χ2v) is 8.52. The van der Waals surface area contributed by atoms with Gasteiger partial charge in [0.15, 0.2) is 0 Å². The molecule has 2 heteroatoms. The number of thioether (sulfide) groups is 1. The molecule has 1 heterocycles. The molecule has 1 aromatic carbocycles. The summed E-state index contributed by atoms with van der Waals surface area (Å²) in [5.74, 6) is 2.04. The summed E-state index contributed by atoms with van der Waals surface area (Å²) in [5, 5.41) is 3.99. The van der Waals surface area contributed by atoms with E-state index >= 15 is 0 Å². The SMILES string of the molecule is CC1CC(C)(C)CCC1NC1CCSc2ccccc21. The quantitative estimate of drug-likeness (QED) is 0.819. The van der Waals surface area contributed by atoms with Gasteiger partial charge in [-0.05, 0) is 54.4 Å². The van der Waals surface area contributed by atoms with Crippen LogP contribution in [0.25, 0.3) is 0 Å². The molecule has 0 saturated heterocycles. The van der Waals surface area contributed by atoms with Crippen molar-refractivity contribution in [3.63, 3.8) is 0 Å². The molecule has 0 spiro atoms. The van der Waals surface area contributed by atoms with E-state index in [9.17, 15) is 0 Å². The number of hydrogen-bond acceptors (Lipinski definition) is 2. The van der Waals surface area contributed by atoms with Crippen LogP contribution in [0, 0.1) is 11.3 Å². The minimum absolute atomic E-state index is 0.540. The van der Waals surface area contributed by atoms with Crippen molar-refractivity contribution in [3.8, 4) is 0 Å². The summed E-state index contributed by atoms with van der Waals surface area (Å²) in [6, 6.07) is 10.2. The van der Waals surface area contributed by atoms with Crippen molar-refractivity contribution in [2.75, 3.05) is 5.75 Å². The van der Waals surface area contributed by atoms with Crippen molar-refractivity contribution in [2.24, 2.45) is 11.3 Å². The van der Waals surface area contributed by atoms with Gasteiger partial charge >= 0.3 is 0 Å². The fourth-order valence-corrected chi connectivity index (χ4v) is 5.09. The lowest BCUT2D eigenvalue weighted by atomic mass is 9.70. The van der Waals surface area contributed by atoms with Gasteiger partial charge in [0.1, 0.15) is 0 Å². The fraction of sp³-hybridized carbons (Fsp3) is 0.667. The summed E-state index contributed by atoms with van der Waals surface area (Å²) in [5.41, 5.74) is 2.07. The van der Waals surface area contributed by atoms with Gasteiger partial charge in [0.05, 0.1) is 0 Å². The lowest BCUT2D eigenvalue weighted by Gasteiger charge is -2.42. The average Bonchev–Trinajstić information content (AvgIpc) is 2.42. The normalized spacial score (nSPS) is 32.6. The van der Waals surface area contributed by atoms with Gasteiger partial charge in [-0.15, -0.1) is 11.8 Å². The van der Waals surface area contributed by atoms with Gasteiger partial charge in [-0.1, -0.05) is 39.0 Å². The zero-order chi connectivity index (χ0) is 14.2. The number of fused-ring (bicyclic) bond motifs is 1. The largest absolute Gasteiger partial charge is 0.307 e. The molecule has 0 amide bonds. The van der Waals surface area contributed by atoms with Crippen molar-refractivity contribution in [2.45, 2.75) is 63.4 Å². The zero-order valence-electron chi connectivity index (χ0n) is 13.0. The van der Waals surface area contributed by atoms with E-state index in [0.29, 0.717) is 17.5 Å². The Labute approximate surface area is 127 Å². The van der Waals surface area contributed by atoms with Gasteiger partial charge in [0, 0.05) is 17.0 Å². The van der Waals surface area contributed by atoms with Crippen LogP contribution in [0.15, 0.2) is 29.2 Å². The highest BCUT2D eigenvalue weighted by Gasteiger charge is 2.34. The molecule has 1 saturated carbocycles. The van der Waals surface area contributed by atoms with Crippen LogP contribution >= 0.6 is 11.8 Å². The molecule has 0 bridgehead atoms. The van der Waals surface area contributed by atoms with E-state index in [4.69, 9.17) is 0 Å². The van der Waals surface area contributed by atoms with Crippen LogP contribution in [0.3, 0.4) is 0 Å². The summed E-state index contributed by atoms with van der Waals surface area (Å²) in [7, 11) is 0. The van der Waals surface area contributed by atoms with Crippen LogP contribution in [-0.2, 0) is 0 Å². The first kappa shape index (κ1) is 14.5. The Morgan fingerprint density at radius 3 is 2.80 bits per heavy atom. The van der Waals surface area contributed by atoms with E-state index in [1.54, 1.807) is 0 Å². The van der Waals surface area contributed by atoms with Crippen molar-refractivity contribution >= 4 is 11.8 Å². The van der Waals surface area contributed by atoms with E-state index < -0.39 is 0 Å². The Balaban J connectivity index is 1.70. The monoisotopic (exact) mass is 289 g/mol. The van der Waals surface area contributed by atoms with E-state index in [2.05, 4.69) is 50.4 Å². The van der Waals surface area contributed by atoms with Crippen LogP contribution in [0.5, 0.6) is 0 Å². The predicted molar refractivity (Wildman–Crippen MR) is 88.2 cm³/mol. The van der Waals surface area contributed by atoms with Gasteiger partial charge in [-0.25, -0.2) is 0 Å². The molecule has 3 atom stereocenters. The Kier molecular flexibility index (Phi) is 4.14. The lowest BCUT2D eigenvalue weighted by Crippen LogP contribution is -2.43. The Hall–Kier alpha value is -0.470. The molecule has 0 aromatic heterocycles. The highest BCUT2D eigenvalue weighted by atomic mass is 32.2. The maximum Gasteiger partial charge on any atom is 0.0341 e. The van der Waals surface area contributed by atoms with Crippen molar-refractivity contribution in [1.82, 2.24) is 5.32 Å². The van der Waals surface area contributed by atoms with E-state index in [1.807, 2.05) is 11.8 Å². The zero-order valence-corrected chi connectivity index (χ0v) is 13.8. The highest BCUT2D eigenvalue weighted by molar-refractivity contribution is 7.99. The maximum absolute atomic E-state index is 3.99. The maximum atomic E-state index is 3.99. The van der Waals surface area contributed by atoms with Gasteiger partial charge in [0.2, 0.25) is 0 Å². The first-order valence-corrected chi connectivity index (χ1v) is 9.01. The third-order valence-electron chi connectivity index (χ3n) is 5.07. The molecule has 3 rings (SSSR count). The molecular formula is C18H27NS. The number of nitrogens with one attached hydrogen (secondary N) is 1. The van der Waals surface area contributed by atoms with E-state index in [0.717, 1.165) is 5.92 Å². The van der Waals surface area contributed by atoms with E-state index in [-0.39, 0.29) is 0 Å². The molecule has 3 unspecified atom stereocenters. The smallest absolute Gasteiger partial charge is 0.0341 e.